The number of amides is 1. The van der Waals surface area contributed by atoms with Gasteiger partial charge in [0, 0.05) is 10.9 Å². The molecule has 0 bridgehead atoms. The molecule has 0 aliphatic rings. The van der Waals surface area contributed by atoms with E-state index in [2.05, 4.69) is 10.3 Å². The number of fused-ring (bicyclic) bond motifs is 1. The standard InChI is InChI=1S/C23H19FN2O2/c24-18-11-12-19-17(13-18)14-20(25-19)23(28)26-21(15-7-3-1-4-8-15)22(27)16-9-5-2-6-10-16/h1-14,21-22,25,27H,(H,26,28). The number of rotatable bonds is 5. The van der Waals surface area contributed by atoms with E-state index in [9.17, 15) is 14.3 Å². The molecule has 0 aliphatic carbocycles. The number of aromatic amines is 1. The molecule has 4 rings (SSSR count). The highest BCUT2D eigenvalue weighted by Gasteiger charge is 2.25. The minimum atomic E-state index is -0.922. The van der Waals surface area contributed by atoms with E-state index in [4.69, 9.17) is 0 Å². The summed E-state index contributed by atoms with van der Waals surface area (Å²) < 4.78 is 13.4. The lowest BCUT2D eigenvalue weighted by Gasteiger charge is -2.25. The maximum absolute atomic E-state index is 13.4. The van der Waals surface area contributed by atoms with Crippen LogP contribution in [-0.2, 0) is 0 Å². The first-order valence-electron chi connectivity index (χ1n) is 8.99. The number of nitrogens with one attached hydrogen (secondary N) is 2. The second-order valence-corrected chi connectivity index (χ2v) is 6.63. The summed E-state index contributed by atoms with van der Waals surface area (Å²) in [5.74, 6) is -0.736. The molecule has 140 valence electrons. The molecular formula is C23H19FN2O2. The number of carbonyl (C=O) groups is 1. The Morgan fingerprint density at radius 2 is 1.54 bits per heavy atom. The summed E-state index contributed by atoms with van der Waals surface area (Å²) in [6, 6.07) is 23.8. The number of aromatic nitrogens is 1. The van der Waals surface area contributed by atoms with E-state index < -0.39 is 12.1 Å². The van der Waals surface area contributed by atoms with Crippen molar-refractivity contribution < 1.29 is 14.3 Å². The van der Waals surface area contributed by atoms with Crippen molar-refractivity contribution in [2.45, 2.75) is 12.1 Å². The van der Waals surface area contributed by atoms with Gasteiger partial charge >= 0.3 is 0 Å². The van der Waals surface area contributed by atoms with E-state index >= 15 is 0 Å². The van der Waals surface area contributed by atoms with Crippen molar-refractivity contribution in [3.05, 3.63) is 108 Å². The third-order valence-corrected chi connectivity index (χ3v) is 4.73. The van der Waals surface area contributed by atoms with Gasteiger partial charge in [-0.25, -0.2) is 4.39 Å². The van der Waals surface area contributed by atoms with Crippen molar-refractivity contribution >= 4 is 16.8 Å². The normalized spacial score (nSPS) is 13.2. The van der Waals surface area contributed by atoms with Gasteiger partial charge in [0.2, 0.25) is 0 Å². The quantitative estimate of drug-likeness (QED) is 0.481. The van der Waals surface area contributed by atoms with E-state index in [0.717, 1.165) is 5.56 Å². The number of hydrogen-bond donors (Lipinski definition) is 3. The minimum absolute atomic E-state index is 0.307. The molecule has 4 aromatic rings. The van der Waals surface area contributed by atoms with Gasteiger partial charge in [-0.2, -0.15) is 0 Å². The lowest BCUT2D eigenvalue weighted by atomic mass is 9.95. The molecule has 1 aromatic heterocycles. The Balaban J connectivity index is 1.65. The molecule has 1 amide bonds. The van der Waals surface area contributed by atoms with Gasteiger partial charge in [-0.3, -0.25) is 4.79 Å². The number of halogens is 1. The molecule has 2 unspecified atom stereocenters. The van der Waals surface area contributed by atoms with Gasteiger partial charge in [-0.15, -0.1) is 0 Å². The van der Waals surface area contributed by atoms with Crippen LogP contribution in [0.2, 0.25) is 0 Å². The topological polar surface area (TPSA) is 65.1 Å². The Labute approximate surface area is 161 Å². The summed E-state index contributed by atoms with van der Waals surface area (Å²) in [4.78, 5) is 15.9. The number of hydrogen-bond acceptors (Lipinski definition) is 2. The maximum atomic E-state index is 13.4. The average Bonchev–Trinajstić information content (AvgIpc) is 3.16. The molecule has 2 atom stereocenters. The van der Waals surface area contributed by atoms with Crippen molar-refractivity contribution in [1.29, 1.82) is 0 Å². The van der Waals surface area contributed by atoms with E-state index in [1.807, 2.05) is 60.7 Å². The van der Waals surface area contributed by atoms with Crippen LogP contribution in [0.15, 0.2) is 84.9 Å². The number of aliphatic hydroxyl groups is 1. The fourth-order valence-corrected chi connectivity index (χ4v) is 3.29. The van der Waals surface area contributed by atoms with Crippen LogP contribution in [0.4, 0.5) is 4.39 Å². The Bertz CT molecular complexity index is 1090. The summed E-state index contributed by atoms with van der Waals surface area (Å²) in [7, 11) is 0. The van der Waals surface area contributed by atoms with Gasteiger partial charge in [0.05, 0.1) is 6.04 Å². The lowest BCUT2D eigenvalue weighted by molar-refractivity contribution is 0.0827. The highest BCUT2D eigenvalue weighted by atomic mass is 19.1. The summed E-state index contributed by atoms with van der Waals surface area (Å²) in [5, 5.41) is 14.5. The SMILES string of the molecule is O=C(NC(c1ccccc1)C(O)c1ccccc1)c1cc2cc(F)ccc2[nH]1. The van der Waals surface area contributed by atoms with Crippen molar-refractivity contribution in [2.75, 3.05) is 0 Å². The van der Waals surface area contributed by atoms with Crippen molar-refractivity contribution in [3.8, 4) is 0 Å². The molecule has 0 saturated heterocycles. The van der Waals surface area contributed by atoms with Crippen LogP contribution in [0.3, 0.4) is 0 Å². The predicted molar refractivity (Wildman–Crippen MR) is 106 cm³/mol. The minimum Gasteiger partial charge on any atom is -0.386 e. The van der Waals surface area contributed by atoms with E-state index in [1.165, 1.54) is 12.1 Å². The lowest BCUT2D eigenvalue weighted by Crippen LogP contribution is -2.32. The highest BCUT2D eigenvalue weighted by Crippen LogP contribution is 2.29. The Kier molecular flexibility index (Phi) is 4.91. The van der Waals surface area contributed by atoms with Crippen LogP contribution >= 0.6 is 0 Å². The zero-order chi connectivity index (χ0) is 19.5. The summed E-state index contributed by atoms with van der Waals surface area (Å²) in [6.45, 7) is 0. The first-order valence-corrected chi connectivity index (χ1v) is 8.99. The molecule has 0 fully saturated rings. The van der Waals surface area contributed by atoms with E-state index in [1.54, 1.807) is 12.1 Å². The Morgan fingerprint density at radius 1 is 0.893 bits per heavy atom. The fourth-order valence-electron chi connectivity index (χ4n) is 3.29. The van der Waals surface area contributed by atoms with Crippen molar-refractivity contribution in [3.63, 3.8) is 0 Å². The predicted octanol–water partition coefficient (Wildman–Crippen LogP) is 4.51. The molecule has 3 aromatic carbocycles. The zero-order valence-electron chi connectivity index (χ0n) is 15.0. The molecule has 0 spiro atoms. The summed E-state index contributed by atoms with van der Waals surface area (Å²) in [6.07, 6.45) is -0.922. The van der Waals surface area contributed by atoms with Crippen molar-refractivity contribution in [2.24, 2.45) is 0 Å². The third-order valence-electron chi connectivity index (χ3n) is 4.73. The number of aliphatic hydroxyl groups excluding tert-OH is 1. The molecular weight excluding hydrogens is 355 g/mol. The monoisotopic (exact) mass is 374 g/mol. The first kappa shape index (κ1) is 17.9. The fraction of sp³-hybridized carbons (Fsp3) is 0.0870. The van der Waals surface area contributed by atoms with Gasteiger partial charge < -0.3 is 15.4 Å². The molecule has 1 heterocycles. The van der Waals surface area contributed by atoms with Crippen LogP contribution in [0.25, 0.3) is 10.9 Å². The van der Waals surface area contributed by atoms with Gasteiger partial charge in [0.1, 0.15) is 17.6 Å². The average molecular weight is 374 g/mol. The van der Waals surface area contributed by atoms with Crippen LogP contribution in [0.5, 0.6) is 0 Å². The smallest absolute Gasteiger partial charge is 0.268 e. The van der Waals surface area contributed by atoms with Gasteiger partial charge in [0.25, 0.3) is 5.91 Å². The van der Waals surface area contributed by atoms with Crippen LogP contribution < -0.4 is 5.32 Å². The van der Waals surface area contributed by atoms with Crippen molar-refractivity contribution in [1.82, 2.24) is 10.3 Å². The molecule has 0 aliphatic heterocycles. The second kappa shape index (κ2) is 7.66. The van der Waals surface area contributed by atoms with Crippen LogP contribution in [-0.4, -0.2) is 16.0 Å². The summed E-state index contributed by atoms with van der Waals surface area (Å²) in [5.41, 5.74) is 2.47. The molecule has 28 heavy (non-hydrogen) atoms. The van der Waals surface area contributed by atoms with Gasteiger partial charge in [-0.1, -0.05) is 60.7 Å². The van der Waals surface area contributed by atoms with Crippen LogP contribution in [0.1, 0.15) is 33.8 Å². The van der Waals surface area contributed by atoms with E-state index in [-0.39, 0.29) is 11.7 Å². The number of benzene rings is 3. The van der Waals surface area contributed by atoms with Gasteiger partial charge in [-0.05, 0) is 35.4 Å². The number of carbonyl (C=O) groups excluding carboxylic acids is 1. The Morgan fingerprint density at radius 3 is 2.21 bits per heavy atom. The van der Waals surface area contributed by atoms with Crippen LogP contribution in [0, 0.1) is 5.82 Å². The summed E-state index contributed by atoms with van der Waals surface area (Å²) >= 11 is 0. The first-order chi connectivity index (χ1) is 13.6. The van der Waals surface area contributed by atoms with E-state index in [0.29, 0.717) is 22.2 Å². The molecule has 0 saturated carbocycles. The molecule has 4 nitrogen and oxygen atoms in total. The maximum Gasteiger partial charge on any atom is 0.268 e. The molecule has 0 radical (unpaired) electrons. The molecule has 3 N–H and O–H groups in total. The highest BCUT2D eigenvalue weighted by molar-refractivity contribution is 5.98. The molecule has 5 heteroatoms. The third kappa shape index (κ3) is 3.66. The second-order valence-electron chi connectivity index (χ2n) is 6.63. The zero-order valence-corrected chi connectivity index (χ0v) is 15.0. The van der Waals surface area contributed by atoms with Gasteiger partial charge in [0.15, 0.2) is 0 Å². The largest absolute Gasteiger partial charge is 0.386 e. The number of H-pyrrole nitrogens is 1. The Hall–Kier alpha value is -3.44.